The summed E-state index contributed by atoms with van der Waals surface area (Å²) < 4.78 is 6.59. The summed E-state index contributed by atoms with van der Waals surface area (Å²) in [5, 5.41) is 11.2. The standard InChI is InChI=1S/C9H13N5S2/c1-4-14-8(11-12-9(14)15)7-6(5(2)3)10-13-16-7/h5H,4H2,1-3H3,(H,12,15). The maximum atomic E-state index is 5.16. The molecule has 7 heteroatoms. The van der Waals surface area contributed by atoms with Crippen molar-refractivity contribution in [3.63, 3.8) is 0 Å². The lowest BCUT2D eigenvalue weighted by Crippen LogP contribution is -1.99. The molecule has 0 fully saturated rings. The first-order valence-corrected chi connectivity index (χ1v) is 6.31. The lowest BCUT2D eigenvalue weighted by Gasteiger charge is -2.04. The van der Waals surface area contributed by atoms with Crippen LogP contribution in [0.2, 0.25) is 0 Å². The normalized spacial score (nSPS) is 11.2. The monoisotopic (exact) mass is 255 g/mol. The molecule has 2 aromatic heterocycles. The second-order valence-corrected chi connectivity index (χ2v) is 4.88. The van der Waals surface area contributed by atoms with E-state index >= 15 is 0 Å². The fourth-order valence-corrected chi connectivity index (χ4v) is 2.59. The second kappa shape index (κ2) is 4.42. The third-order valence-electron chi connectivity index (χ3n) is 2.34. The molecule has 0 saturated carbocycles. The van der Waals surface area contributed by atoms with Crippen LogP contribution < -0.4 is 0 Å². The van der Waals surface area contributed by atoms with Gasteiger partial charge in [-0.2, -0.15) is 5.10 Å². The first-order chi connectivity index (χ1) is 7.65. The van der Waals surface area contributed by atoms with Crippen LogP contribution in [0.25, 0.3) is 10.7 Å². The van der Waals surface area contributed by atoms with Crippen LogP contribution in [0.3, 0.4) is 0 Å². The van der Waals surface area contributed by atoms with Gasteiger partial charge in [0.25, 0.3) is 0 Å². The first-order valence-electron chi connectivity index (χ1n) is 5.13. The Balaban J connectivity index is 2.58. The Kier molecular flexibility index (Phi) is 3.15. The van der Waals surface area contributed by atoms with Crippen molar-refractivity contribution in [3.05, 3.63) is 10.5 Å². The minimum Gasteiger partial charge on any atom is -0.300 e. The van der Waals surface area contributed by atoms with Crippen molar-refractivity contribution in [2.45, 2.75) is 33.2 Å². The minimum absolute atomic E-state index is 0.337. The molecule has 0 aliphatic carbocycles. The molecule has 2 aromatic rings. The predicted octanol–water partition coefficient (Wildman–Crippen LogP) is 2.60. The van der Waals surface area contributed by atoms with Crippen molar-refractivity contribution >= 4 is 23.8 Å². The summed E-state index contributed by atoms with van der Waals surface area (Å²) in [5.41, 5.74) is 0.980. The number of hydrogen-bond acceptors (Lipinski definition) is 5. The Morgan fingerprint density at radius 3 is 2.88 bits per heavy atom. The van der Waals surface area contributed by atoms with Crippen LogP contribution in [0.5, 0.6) is 0 Å². The molecule has 5 nitrogen and oxygen atoms in total. The van der Waals surface area contributed by atoms with Crippen LogP contribution in [-0.2, 0) is 6.54 Å². The maximum absolute atomic E-state index is 5.16. The SMILES string of the molecule is CCn1c(-c2snnc2C(C)C)n[nH]c1=S. The van der Waals surface area contributed by atoms with Crippen LogP contribution in [0.15, 0.2) is 0 Å². The summed E-state index contributed by atoms with van der Waals surface area (Å²) >= 11 is 6.53. The van der Waals surface area contributed by atoms with Gasteiger partial charge in [-0.3, -0.25) is 9.67 Å². The second-order valence-electron chi connectivity index (χ2n) is 3.74. The largest absolute Gasteiger partial charge is 0.300 e. The summed E-state index contributed by atoms with van der Waals surface area (Å²) in [4.78, 5) is 1.00. The average molecular weight is 255 g/mol. The number of aromatic amines is 1. The molecule has 0 aliphatic heterocycles. The number of aromatic nitrogens is 5. The molecule has 1 N–H and O–H groups in total. The third kappa shape index (κ3) is 1.80. The van der Waals surface area contributed by atoms with Gasteiger partial charge in [-0.25, -0.2) is 0 Å². The van der Waals surface area contributed by atoms with E-state index in [0.717, 1.165) is 22.9 Å². The van der Waals surface area contributed by atoms with Gasteiger partial charge >= 0.3 is 0 Å². The van der Waals surface area contributed by atoms with Gasteiger partial charge in [0.05, 0.1) is 5.69 Å². The summed E-state index contributed by atoms with van der Waals surface area (Å²) in [7, 11) is 0. The van der Waals surface area contributed by atoms with Gasteiger partial charge in [-0.1, -0.05) is 18.3 Å². The van der Waals surface area contributed by atoms with Crippen LogP contribution >= 0.6 is 23.8 Å². The van der Waals surface area contributed by atoms with E-state index in [2.05, 4.69) is 33.6 Å². The molecule has 2 heterocycles. The molecule has 0 spiro atoms. The zero-order valence-electron chi connectivity index (χ0n) is 9.39. The van der Waals surface area contributed by atoms with E-state index in [0.29, 0.717) is 10.7 Å². The van der Waals surface area contributed by atoms with E-state index in [1.165, 1.54) is 11.5 Å². The Bertz CT molecular complexity index is 536. The van der Waals surface area contributed by atoms with Crippen molar-refractivity contribution in [1.82, 2.24) is 24.4 Å². The minimum atomic E-state index is 0.337. The molecule has 86 valence electrons. The number of nitrogens with zero attached hydrogens (tertiary/aromatic N) is 4. The number of rotatable bonds is 3. The lowest BCUT2D eigenvalue weighted by molar-refractivity contribution is 0.751. The third-order valence-corrected chi connectivity index (χ3v) is 3.39. The van der Waals surface area contributed by atoms with E-state index < -0.39 is 0 Å². The number of hydrogen-bond donors (Lipinski definition) is 1. The average Bonchev–Trinajstić information content (AvgIpc) is 2.82. The maximum Gasteiger partial charge on any atom is 0.195 e. The highest BCUT2D eigenvalue weighted by Gasteiger charge is 2.18. The predicted molar refractivity (Wildman–Crippen MR) is 66.1 cm³/mol. The smallest absolute Gasteiger partial charge is 0.195 e. The molecule has 16 heavy (non-hydrogen) atoms. The first kappa shape index (κ1) is 11.4. The van der Waals surface area contributed by atoms with Gasteiger partial charge in [0.1, 0.15) is 4.88 Å². The molecule has 0 atom stereocenters. The topological polar surface area (TPSA) is 59.4 Å². The summed E-state index contributed by atoms with van der Waals surface area (Å²) in [5.74, 6) is 1.18. The fraction of sp³-hybridized carbons (Fsp3) is 0.556. The number of nitrogens with one attached hydrogen (secondary N) is 1. The van der Waals surface area contributed by atoms with E-state index in [9.17, 15) is 0 Å². The zero-order valence-corrected chi connectivity index (χ0v) is 11.0. The fourth-order valence-electron chi connectivity index (χ4n) is 1.51. The highest BCUT2D eigenvalue weighted by molar-refractivity contribution is 7.71. The molecule has 0 radical (unpaired) electrons. The molecule has 0 unspecified atom stereocenters. The molecule has 0 aromatic carbocycles. The Morgan fingerprint density at radius 2 is 2.25 bits per heavy atom. The van der Waals surface area contributed by atoms with Crippen molar-refractivity contribution in [3.8, 4) is 10.7 Å². The van der Waals surface area contributed by atoms with Gasteiger partial charge in [0.2, 0.25) is 0 Å². The van der Waals surface area contributed by atoms with Gasteiger partial charge in [0.15, 0.2) is 10.6 Å². The Hall–Kier alpha value is -1.08. The molecule has 0 aliphatic rings. The van der Waals surface area contributed by atoms with Crippen molar-refractivity contribution < 1.29 is 0 Å². The highest BCUT2D eigenvalue weighted by Crippen LogP contribution is 2.29. The van der Waals surface area contributed by atoms with E-state index in [1.807, 2.05) is 11.5 Å². The molecule has 2 rings (SSSR count). The summed E-state index contributed by atoms with van der Waals surface area (Å²) in [6.07, 6.45) is 0. The molecular weight excluding hydrogens is 242 g/mol. The Labute approximate surface area is 103 Å². The molecular formula is C9H13N5S2. The van der Waals surface area contributed by atoms with Gasteiger partial charge in [-0.15, -0.1) is 5.10 Å². The van der Waals surface area contributed by atoms with Crippen LogP contribution in [-0.4, -0.2) is 24.4 Å². The van der Waals surface area contributed by atoms with Crippen LogP contribution in [0.4, 0.5) is 0 Å². The van der Waals surface area contributed by atoms with E-state index in [1.54, 1.807) is 0 Å². The van der Waals surface area contributed by atoms with Gasteiger partial charge in [0, 0.05) is 6.54 Å². The van der Waals surface area contributed by atoms with E-state index in [4.69, 9.17) is 12.2 Å². The van der Waals surface area contributed by atoms with Crippen molar-refractivity contribution in [1.29, 1.82) is 0 Å². The van der Waals surface area contributed by atoms with Crippen molar-refractivity contribution in [2.75, 3.05) is 0 Å². The van der Waals surface area contributed by atoms with Crippen LogP contribution in [0, 0.1) is 4.77 Å². The lowest BCUT2D eigenvalue weighted by atomic mass is 10.1. The van der Waals surface area contributed by atoms with E-state index in [-0.39, 0.29) is 0 Å². The van der Waals surface area contributed by atoms with Gasteiger partial charge < -0.3 is 0 Å². The molecule has 0 amide bonds. The zero-order chi connectivity index (χ0) is 11.7. The van der Waals surface area contributed by atoms with Gasteiger partial charge in [-0.05, 0) is 36.6 Å². The highest BCUT2D eigenvalue weighted by atomic mass is 32.1. The van der Waals surface area contributed by atoms with Crippen LogP contribution in [0.1, 0.15) is 32.4 Å². The summed E-state index contributed by atoms with van der Waals surface area (Å²) in [6, 6.07) is 0. The quantitative estimate of drug-likeness (QED) is 0.856. The number of H-pyrrole nitrogens is 1. The molecule has 0 saturated heterocycles. The summed E-state index contributed by atoms with van der Waals surface area (Å²) in [6.45, 7) is 7.02. The Morgan fingerprint density at radius 1 is 1.50 bits per heavy atom. The van der Waals surface area contributed by atoms with Crippen molar-refractivity contribution in [2.24, 2.45) is 0 Å². The molecule has 0 bridgehead atoms.